The van der Waals surface area contributed by atoms with Gasteiger partial charge in [-0.2, -0.15) is 0 Å². The van der Waals surface area contributed by atoms with Crippen LogP contribution >= 0.6 is 0 Å². The minimum Gasteiger partial charge on any atom is -0.378 e. The Morgan fingerprint density at radius 2 is 1.47 bits per heavy atom. The van der Waals surface area contributed by atoms with Gasteiger partial charge in [0.2, 0.25) is 0 Å². The molecule has 19 heavy (non-hydrogen) atoms. The second-order valence-electron chi connectivity index (χ2n) is 8.17. The summed E-state index contributed by atoms with van der Waals surface area (Å²) in [5.74, 6) is 0.682. The van der Waals surface area contributed by atoms with Gasteiger partial charge in [0.15, 0.2) is 0 Å². The van der Waals surface area contributed by atoms with Crippen molar-refractivity contribution in [2.75, 3.05) is 13.2 Å². The first-order chi connectivity index (χ1) is 8.65. The minimum absolute atomic E-state index is 0.426. The lowest BCUT2D eigenvalue weighted by atomic mass is 9.88. The summed E-state index contributed by atoms with van der Waals surface area (Å²) in [5.41, 5.74) is 0.871. The summed E-state index contributed by atoms with van der Waals surface area (Å²) in [6.07, 6.45) is 4.69. The van der Waals surface area contributed by atoms with E-state index in [4.69, 9.17) is 9.47 Å². The molecule has 2 aliphatic rings. The molecule has 114 valence electrons. The Hall–Kier alpha value is -0.0800. The van der Waals surface area contributed by atoms with Gasteiger partial charge in [0.05, 0.1) is 25.4 Å². The van der Waals surface area contributed by atoms with Gasteiger partial charge in [0, 0.05) is 0 Å². The Morgan fingerprint density at radius 3 is 1.68 bits per heavy atom. The van der Waals surface area contributed by atoms with Crippen LogP contribution in [0.15, 0.2) is 0 Å². The summed E-state index contributed by atoms with van der Waals surface area (Å²) in [7, 11) is 0. The van der Waals surface area contributed by atoms with Gasteiger partial charge < -0.3 is 9.47 Å². The van der Waals surface area contributed by atoms with Crippen LogP contribution in [0, 0.1) is 16.7 Å². The molecule has 2 atom stereocenters. The van der Waals surface area contributed by atoms with E-state index in [1.807, 2.05) is 0 Å². The average Bonchev–Trinajstić information content (AvgIpc) is 2.82. The highest BCUT2D eigenvalue weighted by molar-refractivity contribution is 4.81. The summed E-state index contributed by atoms with van der Waals surface area (Å²) in [6, 6.07) is 0. The topological polar surface area (TPSA) is 18.5 Å². The van der Waals surface area contributed by atoms with E-state index in [1.165, 1.54) is 19.3 Å². The fraction of sp³-hybridized carbons (Fsp3) is 1.00. The number of ether oxygens (including phenoxy) is 2. The number of rotatable bonds is 2. The molecular weight excluding hydrogens is 236 g/mol. The van der Waals surface area contributed by atoms with Crippen molar-refractivity contribution in [2.45, 2.75) is 79.9 Å². The van der Waals surface area contributed by atoms with Crippen LogP contribution in [0.5, 0.6) is 0 Å². The van der Waals surface area contributed by atoms with Crippen molar-refractivity contribution in [3.8, 4) is 0 Å². The van der Waals surface area contributed by atoms with Crippen molar-refractivity contribution in [1.82, 2.24) is 0 Å². The molecule has 0 spiro atoms. The second-order valence-corrected chi connectivity index (χ2v) is 8.17. The normalized spacial score (nSPS) is 32.2. The Morgan fingerprint density at radius 1 is 0.947 bits per heavy atom. The average molecular weight is 270 g/mol. The molecule has 2 nitrogen and oxygen atoms in total. The number of hydrogen-bond donors (Lipinski definition) is 0. The molecule has 0 aromatic heterocycles. The number of hydrogen-bond acceptors (Lipinski definition) is 2. The minimum atomic E-state index is 0.426. The van der Waals surface area contributed by atoms with Gasteiger partial charge in [-0.05, 0) is 36.0 Å². The quantitative estimate of drug-likeness (QED) is 0.726. The summed E-state index contributed by atoms with van der Waals surface area (Å²) in [5, 5.41) is 0. The second kappa shape index (κ2) is 6.58. The summed E-state index contributed by atoms with van der Waals surface area (Å²) in [6.45, 7) is 17.6. The first-order valence-corrected chi connectivity index (χ1v) is 7.88. The van der Waals surface area contributed by atoms with Gasteiger partial charge in [-0.3, -0.25) is 0 Å². The smallest absolute Gasteiger partial charge is 0.0604 e. The maximum atomic E-state index is 5.63. The summed E-state index contributed by atoms with van der Waals surface area (Å²) >= 11 is 0. The van der Waals surface area contributed by atoms with E-state index in [-0.39, 0.29) is 0 Å². The molecular formula is C17H34O2. The van der Waals surface area contributed by atoms with Crippen LogP contribution in [-0.2, 0) is 9.47 Å². The van der Waals surface area contributed by atoms with Gasteiger partial charge >= 0.3 is 0 Å². The Kier molecular flexibility index (Phi) is 5.88. The Bertz CT molecular complexity index is 268. The first-order valence-electron chi connectivity index (χ1n) is 7.88. The van der Waals surface area contributed by atoms with Gasteiger partial charge in [0.25, 0.3) is 0 Å². The van der Waals surface area contributed by atoms with Crippen LogP contribution in [-0.4, -0.2) is 25.4 Å². The fourth-order valence-corrected chi connectivity index (χ4v) is 2.76. The molecule has 0 aliphatic carbocycles. The third-order valence-corrected chi connectivity index (χ3v) is 4.13. The predicted octanol–water partition coefficient (Wildman–Crippen LogP) is 4.67. The molecule has 0 aromatic rings. The first kappa shape index (κ1) is 17.0. The van der Waals surface area contributed by atoms with E-state index < -0.39 is 0 Å². The van der Waals surface area contributed by atoms with Crippen molar-refractivity contribution in [3.05, 3.63) is 0 Å². The molecule has 0 aromatic carbocycles. The Labute approximate surface area is 120 Å². The maximum Gasteiger partial charge on any atom is 0.0604 e. The van der Waals surface area contributed by atoms with Crippen LogP contribution in [0.1, 0.15) is 67.7 Å². The predicted molar refractivity (Wildman–Crippen MR) is 81.4 cm³/mol. The van der Waals surface area contributed by atoms with Crippen LogP contribution in [0.4, 0.5) is 0 Å². The van der Waals surface area contributed by atoms with Crippen molar-refractivity contribution >= 4 is 0 Å². The zero-order chi connectivity index (χ0) is 14.7. The molecule has 0 N–H and O–H groups in total. The maximum absolute atomic E-state index is 5.63. The van der Waals surface area contributed by atoms with Gasteiger partial charge in [-0.1, -0.05) is 48.5 Å². The Balaban J connectivity index is 0.000000191. The van der Waals surface area contributed by atoms with Crippen LogP contribution in [0.2, 0.25) is 0 Å². The van der Waals surface area contributed by atoms with Crippen LogP contribution in [0.25, 0.3) is 0 Å². The molecule has 2 saturated heterocycles. The molecule has 0 amide bonds. The molecule has 2 rings (SSSR count). The summed E-state index contributed by atoms with van der Waals surface area (Å²) in [4.78, 5) is 0. The third-order valence-electron chi connectivity index (χ3n) is 4.13. The van der Waals surface area contributed by atoms with E-state index in [1.54, 1.807) is 0 Å². The highest BCUT2D eigenvalue weighted by atomic mass is 16.5. The summed E-state index contributed by atoms with van der Waals surface area (Å²) < 4.78 is 11.1. The highest BCUT2D eigenvalue weighted by Gasteiger charge is 2.33. The lowest BCUT2D eigenvalue weighted by molar-refractivity contribution is 0.0691. The van der Waals surface area contributed by atoms with E-state index in [0.717, 1.165) is 13.2 Å². The van der Waals surface area contributed by atoms with E-state index in [0.29, 0.717) is 29.0 Å². The van der Waals surface area contributed by atoms with Gasteiger partial charge in [-0.15, -0.1) is 0 Å². The molecule has 0 bridgehead atoms. The van der Waals surface area contributed by atoms with Crippen molar-refractivity contribution in [3.63, 3.8) is 0 Å². The third kappa shape index (κ3) is 5.83. The zero-order valence-corrected chi connectivity index (χ0v) is 14.1. The van der Waals surface area contributed by atoms with E-state index in [2.05, 4.69) is 48.5 Å². The van der Waals surface area contributed by atoms with Crippen molar-refractivity contribution in [2.24, 2.45) is 16.7 Å². The highest BCUT2D eigenvalue weighted by Crippen LogP contribution is 2.34. The van der Waals surface area contributed by atoms with E-state index >= 15 is 0 Å². The lowest BCUT2D eigenvalue weighted by Gasteiger charge is -2.15. The molecule has 2 heterocycles. The SMILES string of the molecule is CC(C)[C@@H]1CC(C)(C)CO1.CC[C@H]1CC(C)(C)CO1. The molecule has 2 fully saturated rings. The monoisotopic (exact) mass is 270 g/mol. The standard InChI is InChI=1S/C9H18O.C8H16O/c1-7(2)8-5-9(3,4)6-10-8;1-4-7-5-8(2,3)6-9-7/h7-8H,5-6H2,1-4H3;7H,4-6H2,1-3H3/t8-;7-/m00/s1. The van der Waals surface area contributed by atoms with Crippen molar-refractivity contribution < 1.29 is 9.47 Å². The van der Waals surface area contributed by atoms with Crippen LogP contribution in [0.3, 0.4) is 0 Å². The molecule has 0 radical (unpaired) electrons. The largest absolute Gasteiger partial charge is 0.378 e. The fourth-order valence-electron chi connectivity index (χ4n) is 2.76. The zero-order valence-electron chi connectivity index (χ0n) is 14.1. The van der Waals surface area contributed by atoms with Gasteiger partial charge in [-0.25, -0.2) is 0 Å². The molecule has 0 unspecified atom stereocenters. The van der Waals surface area contributed by atoms with Crippen molar-refractivity contribution in [1.29, 1.82) is 0 Å². The molecule has 2 aliphatic heterocycles. The van der Waals surface area contributed by atoms with E-state index in [9.17, 15) is 0 Å². The van der Waals surface area contributed by atoms with Gasteiger partial charge in [0.1, 0.15) is 0 Å². The lowest BCUT2D eigenvalue weighted by Crippen LogP contribution is -2.14. The molecule has 0 saturated carbocycles. The molecule has 2 heteroatoms. The van der Waals surface area contributed by atoms with Crippen LogP contribution < -0.4 is 0 Å².